The Morgan fingerprint density at radius 3 is 2.63 bits per heavy atom. The molecule has 0 saturated heterocycles. The van der Waals surface area contributed by atoms with Crippen LogP contribution in [0.1, 0.15) is 35.6 Å². The first-order valence-electron chi connectivity index (χ1n) is 6.34. The fraction of sp³-hybridized carbons (Fsp3) is 0.333. The van der Waals surface area contributed by atoms with Gasteiger partial charge < -0.3 is 5.73 Å². The van der Waals surface area contributed by atoms with E-state index in [4.69, 9.17) is 5.73 Å². The molecule has 1 aromatic carbocycles. The number of rotatable bonds is 4. The Hall–Kier alpha value is -1.39. The van der Waals surface area contributed by atoms with E-state index in [1.165, 1.54) is 10.5 Å². The molecule has 19 heavy (non-hydrogen) atoms. The molecule has 1 aromatic heterocycles. The van der Waals surface area contributed by atoms with Gasteiger partial charge in [0.2, 0.25) is 0 Å². The van der Waals surface area contributed by atoms with E-state index in [2.05, 4.69) is 41.2 Å². The van der Waals surface area contributed by atoms with Gasteiger partial charge in [0.1, 0.15) is 5.82 Å². The van der Waals surface area contributed by atoms with Crippen molar-refractivity contribution in [1.29, 1.82) is 0 Å². The average molecular weight is 273 g/mol. The van der Waals surface area contributed by atoms with Crippen LogP contribution >= 0.6 is 11.8 Å². The summed E-state index contributed by atoms with van der Waals surface area (Å²) in [7, 11) is 0. The van der Waals surface area contributed by atoms with Crippen molar-refractivity contribution in [2.75, 3.05) is 0 Å². The number of aromatic nitrogens is 2. The van der Waals surface area contributed by atoms with Crippen molar-refractivity contribution in [3.63, 3.8) is 0 Å². The molecule has 3 nitrogen and oxygen atoms in total. The number of aryl methyl sites for hydroxylation is 2. The third kappa shape index (κ3) is 3.55. The summed E-state index contributed by atoms with van der Waals surface area (Å²) in [4.78, 5) is 10.2. The first-order chi connectivity index (χ1) is 9.08. The SMILES string of the molecule is Cc1ccccc1SCc1ncc([C@H](C)N)c(C)n1. The Kier molecular flexibility index (Phi) is 4.56. The summed E-state index contributed by atoms with van der Waals surface area (Å²) in [5.74, 6) is 1.64. The van der Waals surface area contributed by atoms with Gasteiger partial charge in [-0.05, 0) is 32.4 Å². The van der Waals surface area contributed by atoms with Gasteiger partial charge in [0.25, 0.3) is 0 Å². The van der Waals surface area contributed by atoms with E-state index in [-0.39, 0.29) is 6.04 Å². The number of hydrogen-bond donors (Lipinski definition) is 1. The minimum absolute atomic E-state index is 0.0157. The Balaban J connectivity index is 2.08. The van der Waals surface area contributed by atoms with Crippen LogP contribution in [0.2, 0.25) is 0 Å². The van der Waals surface area contributed by atoms with Crippen LogP contribution in [0.25, 0.3) is 0 Å². The van der Waals surface area contributed by atoms with Gasteiger partial charge in [-0.2, -0.15) is 0 Å². The normalized spacial score (nSPS) is 12.4. The average Bonchev–Trinajstić information content (AvgIpc) is 2.37. The van der Waals surface area contributed by atoms with E-state index in [9.17, 15) is 0 Å². The van der Waals surface area contributed by atoms with Crippen molar-refractivity contribution in [1.82, 2.24) is 9.97 Å². The van der Waals surface area contributed by atoms with Crippen molar-refractivity contribution in [2.45, 2.75) is 37.5 Å². The van der Waals surface area contributed by atoms with E-state index < -0.39 is 0 Å². The maximum absolute atomic E-state index is 5.86. The molecule has 2 aromatic rings. The van der Waals surface area contributed by atoms with Gasteiger partial charge in [0.15, 0.2) is 0 Å². The molecule has 4 heteroatoms. The highest BCUT2D eigenvalue weighted by atomic mass is 32.2. The third-order valence-electron chi connectivity index (χ3n) is 3.01. The standard InChI is InChI=1S/C15H19N3S/c1-10-6-4-5-7-14(10)19-9-15-17-8-13(11(2)16)12(3)18-15/h4-8,11H,9,16H2,1-3H3/t11-/m0/s1. The van der Waals surface area contributed by atoms with Crippen LogP contribution in [0.3, 0.4) is 0 Å². The molecule has 0 unspecified atom stereocenters. The zero-order valence-corrected chi connectivity index (χ0v) is 12.4. The first-order valence-corrected chi connectivity index (χ1v) is 7.33. The number of hydrogen-bond acceptors (Lipinski definition) is 4. The topological polar surface area (TPSA) is 51.8 Å². The first kappa shape index (κ1) is 14.0. The van der Waals surface area contributed by atoms with E-state index >= 15 is 0 Å². The van der Waals surface area contributed by atoms with Crippen LogP contribution in [0, 0.1) is 13.8 Å². The second-order valence-electron chi connectivity index (χ2n) is 4.67. The van der Waals surface area contributed by atoms with Crippen LogP contribution in [0.4, 0.5) is 0 Å². The summed E-state index contributed by atoms with van der Waals surface area (Å²) in [6.45, 7) is 6.06. The minimum Gasteiger partial charge on any atom is -0.324 e. The lowest BCUT2D eigenvalue weighted by Gasteiger charge is -2.10. The minimum atomic E-state index is -0.0157. The van der Waals surface area contributed by atoms with Crippen LogP contribution < -0.4 is 5.73 Å². The fourth-order valence-corrected chi connectivity index (χ4v) is 2.80. The molecule has 0 aliphatic rings. The van der Waals surface area contributed by atoms with Crippen molar-refractivity contribution in [2.24, 2.45) is 5.73 Å². The summed E-state index contributed by atoms with van der Waals surface area (Å²) in [5.41, 5.74) is 9.15. The van der Waals surface area contributed by atoms with Crippen LogP contribution in [0.5, 0.6) is 0 Å². The molecule has 1 atom stereocenters. The predicted molar refractivity (Wildman–Crippen MR) is 80.1 cm³/mol. The molecule has 2 rings (SSSR count). The van der Waals surface area contributed by atoms with Gasteiger partial charge in [-0.25, -0.2) is 9.97 Å². The quantitative estimate of drug-likeness (QED) is 0.867. The van der Waals surface area contributed by atoms with Gasteiger partial charge in [0.05, 0.1) is 5.75 Å². The molecule has 0 aliphatic carbocycles. The largest absolute Gasteiger partial charge is 0.324 e. The van der Waals surface area contributed by atoms with E-state index in [1.54, 1.807) is 11.8 Å². The molecule has 0 fully saturated rings. The summed E-state index contributed by atoms with van der Waals surface area (Å²) >= 11 is 1.77. The predicted octanol–water partition coefficient (Wildman–Crippen LogP) is 3.41. The van der Waals surface area contributed by atoms with Gasteiger partial charge in [0, 0.05) is 28.4 Å². The molecule has 0 amide bonds. The summed E-state index contributed by atoms with van der Waals surface area (Å²) in [6.07, 6.45) is 1.85. The number of thioether (sulfide) groups is 1. The van der Waals surface area contributed by atoms with Gasteiger partial charge in [-0.3, -0.25) is 0 Å². The van der Waals surface area contributed by atoms with Crippen LogP contribution in [0.15, 0.2) is 35.4 Å². The summed E-state index contributed by atoms with van der Waals surface area (Å²) in [6, 6.07) is 8.34. The van der Waals surface area contributed by atoms with E-state index in [0.717, 1.165) is 22.8 Å². The number of benzene rings is 1. The molecule has 0 saturated carbocycles. The fourth-order valence-electron chi connectivity index (χ4n) is 1.90. The highest BCUT2D eigenvalue weighted by Gasteiger charge is 2.08. The third-order valence-corrected chi connectivity index (χ3v) is 4.18. The smallest absolute Gasteiger partial charge is 0.138 e. The zero-order valence-electron chi connectivity index (χ0n) is 11.6. The van der Waals surface area contributed by atoms with Crippen molar-refractivity contribution in [3.8, 4) is 0 Å². The maximum atomic E-state index is 5.86. The van der Waals surface area contributed by atoms with Crippen molar-refractivity contribution >= 4 is 11.8 Å². The highest BCUT2D eigenvalue weighted by molar-refractivity contribution is 7.98. The molecular formula is C15H19N3S. The molecule has 0 bridgehead atoms. The molecule has 0 radical (unpaired) electrons. The van der Waals surface area contributed by atoms with E-state index in [0.29, 0.717) is 0 Å². The van der Waals surface area contributed by atoms with Crippen LogP contribution in [-0.4, -0.2) is 9.97 Å². The van der Waals surface area contributed by atoms with E-state index in [1.807, 2.05) is 20.0 Å². The van der Waals surface area contributed by atoms with Gasteiger partial charge in [-0.15, -0.1) is 11.8 Å². The lowest BCUT2D eigenvalue weighted by Crippen LogP contribution is -2.10. The van der Waals surface area contributed by atoms with Crippen LogP contribution in [-0.2, 0) is 5.75 Å². The lowest BCUT2D eigenvalue weighted by molar-refractivity contribution is 0.781. The Morgan fingerprint density at radius 2 is 2.00 bits per heavy atom. The van der Waals surface area contributed by atoms with Crippen molar-refractivity contribution in [3.05, 3.63) is 53.1 Å². The second-order valence-corrected chi connectivity index (χ2v) is 5.69. The Morgan fingerprint density at radius 1 is 1.26 bits per heavy atom. The van der Waals surface area contributed by atoms with Gasteiger partial charge in [-0.1, -0.05) is 18.2 Å². The zero-order chi connectivity index (χ0) is 13.8. The molecule has 2 N–H and O–H groups in total. The number of nitrogens with two attached hydrogens (primary N) is 1. The molecule has 100 valence electrons. The maximum Gasteiger partial charge on any atom is 0.138 e. The van der Waals surface area contributed by atoms with Crippen molar-refractivity contribution < 1.29 is 0 Å². The number of nitrogens with zero attached hydrogens (tertiary/aromatic N) is 2. The second kappa shape index (κ2) is 6.17. The molecule has 0 spiro atoms. The summed E-state index contributed by atoms with van der Waals surface area (Å²) < 4.78 is 0. The molecule has 1 heterocycles. The Bertz CT molecular complexity index is 567. The monoisotopic (exact) mass is 273 g/mol. The van der Waals surface area contributed by atoms with Gasteiger partial charge >= 0.3 is 0 Å². The lowest BCUT2D eigenvalue weighted by atomic mass is 10.1. The highest BCUT2D eigenvalue weighted by Crippen LogP contribution is 2.25. The Labute approximate surface area is 118 Å². The summed E-state index contributed by atoms with van der Waals surface area (Å²) in [5, 5.41) is 0. The molecular weight excluding hydrogens is 254 g/mol. The molecule has 0 aliphatic heterocycles.